The number of rotatable bonds is 6. The van der Waals surface area contributed by atoms with Gasteiger partial charge in [0.2, 0.25) is 0 Å². The molecule has 1 aliphatic carbocycles. The predicted octanol–water partition coefficient (Wildman–Crippen LogP) is 3.74. The van der Waals surface area contributed by atoms with Crippen LogP contribution in [0.2, 0.25) is 0 Å². The lowest BCUT2D eigenvalue weighted by Gasteiger charge is -2.26. The van der Waals surface area contributed by atoms with Crippen LogP contribution in [0.1, 0.15) is 31.2 Å². The molecule has 1 aromatic rings. The molecule has 20 heavy (non-hydrogen) atoms. The fraction of sp³-hybridized carbons (Fsp3) is 0.562. The van der Waals surface area contributed by atoms with E-state index in [1.54, 1.807) is 0 Å². The molecule has 0 spiro atoms. The first-order chi connectivity index (χ1) is 9.67. The molecule has 1 aromatic carbocycles. The average Bonchev–Trinajstić information content (AvgIpc) is 2.96. The Hall–Kier alpha value is -1.03. The smallest absolute Gasteiger partial charge is 0.309 e. The van der Waals surface area contributed by atoms with Gasteiger partial charge in [-0.1, -0.05) is 40.9 Å². The molecule has 1 saturated carbocycles. The van der Waals surface area contributed by atoms with E-state index < -0.39 is 0 Å². The number of esters is 1. The molecule has 1 aliphatic rings. The molecule has 0 atom stereocenters. The Bertz CT molecular complexity index is 436. The van der Waals surface area contributed by atoms with E-state index in [0.717, 1.165) is 23.2 Å². The number of hydrogen-bond acceptors (Lipinski definition) is 3. The van der Waals surface area contributed by atoms with Crippen molar-refractivity contribution in [2.45, 2.75) is 32.1 Å². The Morgan fingerprint density at radius 2 is 1.90 bits per heavy atom. The van der Waals surface area contributed by atoms with Crippen LogP contribution in [0.15, 0.2) is 24.3 Å². The van der Waals surface area contributed by atoms with Gasteiger partial charge in [-0.05, 0) is 30.5 Å². The highest BCUT2D eigenvalue weighted by atomic mass is 79.9. The highest BCUT2D eigenvalue weighted by Gasteiger charge is 2.33. The molecule has 0 heterocycles. The van der Waals surface area contributed by atoms with Crippen LogP contribution in [0, 0.1) is 5.41 Å². The fourth-order valence-corrected chi connectivity index (χ4v) is 3.34. The second-order valence-corrected chi connectivity index (χ2v) is 6.09. The van der Waals surface area contributed by atoms with Gasteiger partial charge in [-0.2, -0.15) is 0 Å². The van der Waals surface area contributed by atoms with Gasteiger partial charge in [0.1, 0.15) is 5.75 Å². The molecule has 0 saturated heterocycles. The van der Waals surface area contributed by atoms with Crippen LogP contribution in [-0.4, -0.2) is 25.0 Å². The molecule has 110 valence electrons. The predicted molar refractivity (Wildman–Crippen MR) is 82.4 cm³/mol. The largest absolute Gasteiger partial charge is 0.493 e. The average molecular weight is 341 g/mol. The van der Waals surface area contributed by atoms with Crippen molar-refractivity contribution in [3.63, 3.8) is 0 Å². The second kappa shape index (κ2) is 7.11. The van der Waals surface area contributed by atoms with Crippen molar-refractivity contribution in [2.75, 3.05) is 19.0 Å². The van der Waals surface area contributed by atoms with E-state index in [2.05, 4.69) is 20.7 Å². The minimum absolute atomic E-state index is 0.220. The summed E-state index contributed by atoms with van der Waals surface area (Å²) >= 11 is 3.62. The Morgan fingerprint density at radius 1 is 1.25 bits per heavy atom. The summed E-state index contributed by atoms with van der Waals surface area (Å²) < 4.78 is 10.6. The van der Waals surface area contributed by atoms with Gasteiger partial charge in [0.05, 0.1) is 20.1 Å². The number of methoxy groups -OCH3 is 1. The summed E-state index contributed by atoms with van der Waals surface area (Å²) in [4.78, 5) is 11.2. The Labute approximate surface area is 128 Å². The highest BCUT2D eigenvalue weighted by Crippen LogP contribution is 2.39. The molecule has 0 N–H and O–H groups in total. The highest BCUT2D eigenvalue weighted by molar-refractivity contribution is 9.09. The molecular weight excluding hydrogens is 320 g/mol. The molecule has 1 fully saturated rings. The van der Waals surface area contributed by atoms with Crippen molar-refractivity contribution in [3.8, 4) is 5.75 Å². The van der Waals surface area contributed by atoms with Crippen LogP contribution < -0.4 is 4.74 Å². The van der Waals surface area contributed by atoms with Crippen LogP contribution in [0.4, 0.5) is 0 Å². The summed E-state index contributed by atoms with van der Waals surface area (Å²) in [6.07, 6.45) is 5.37. The van der Waals surface area contributed by atoms with Crippen LogP contribution in [0.3, 0.4) is 0 Å². The van der Waals surface area contributed by atoms with Crippen molar-refractivity contribution >= 4 is 21.9 Å². The molecule has 0 amide bonds. The maximum atomic E-state index is 11.2. The zero-order chi connectivity index (χ0) is 14.4. The third-order valence-electron chi connectivity index (χ3n) is 3.99. The monoisotopic (exact) mass is 340 g/mol. The van der Waals surface area contributed by atoms with Crippen molar-refractivity contribution in [1.82, 2.24) is 0 Å². The van der Waals surface area contributed by atoms with E-state index in [1.807, 2.05) is 24.3 Å². The lowest BCUT2D eigenvalue weighted by molar-refractivity contribution is -0.139. The number of carbonyl (C=O) groups is 1. The van der Waals surface area contributed by atoms with E-state index in [0.29, 0.717) is 11.8 Å². The van der Waals surface area contributed by atoms with Gasteiger partial charge in [-0.25, -0.2) is 0 Å². The number of benzene rings is 1. The summed E-state index contributed by atoms with van der Waals surface area (Å²) in [6.45, 7) is 0.759. The summed E-state index contributed by atoms with van der Waals surface area (Å²) in [5.41, 5.74) is 1.24. The van der Waals surface area contributed by atoms with Gasteiger partial charge in [0.15, 0.2) is 0 Å². The molecule has 0 radical (unpaired) electrons. The van der Waals surface area contributed by atoms with E-state index in [-0.39, 0.29) is 5.97 Å². The Morgan fingerprint density at radius 3 is 2.45 bits per heavy atom. The van der Waals surface area contributed by atoms with Crippen molar-refractivity contribution in [2.24, 2.45) is 5.41 Å². The summed E-state index contributed by atoms with van der Waals surface area (Å²) in [5, 5.41) is 1.00. The molecule has 0 bridgehead atoms. The van der Waals surface area contributed by atoms with Crippen molar-refractivity contribution < 1.29 is 14.3 Å². The number of carbonyl (C=O) groups excluding carboxylic acids is 1. The molecule has 2 rings (SSSR count). The first-order valence-corrected chi connectivity index (χ1v) is 8.14. The lowest BCUT2D eigenvalue weighted by atomic mass is 9.90. The van der Waals surface area contributed by atoms with Gasteiger partial charge >= 0.3 is 5.97 Å². The van der Waals surface area contributed by atoms with Crippen LogP contribution in [0.5, 0.6) is 5.75 Å². The van der Waals surface area contributed by atoms with Crippen LogP contribution >= 0.6 is 15.9 Å². The number of ether oxygens (including phenoxy) is 2. The maximum absolute atomic E-state index is 11.2. The van der Waals surface area contributed by atoms with E-state index >= 15 is 0 Å². The van der Waals surface area contributed by atoms with E-state index in [9.17, 15) is 4.79 Å². The Balaban J connectivity index is 1.89. The first-order valence-electron chi connectivity index (χ1n) is 7.02. The minimum Gasteiger partial charge on any atom is -0.493 e. The van der Waals surface area contributed by atoms with E-state index in [1.165, 1.54) is 32.8 Å². The normalized spacial score (nSPS) is 16.9. The molecule has 0 unspecified atom stereocenters. The topological polar surface area (TPSA) is 35.5 Å². The molecular formula is C16H21BrO3. The van der Waals surface area contributed by atoms with E-state index in [4.69, 9.17) is 4.74 Å². The summed E-state index contributed by atoms with van der Waals surface area (Å²) in [6, 6.07) is 7.69. The van der Waals surface area contributed by atoms with Gasteiger partial charge in [0, 0.05) is 10.7 Å². The Kier molecular flexibility index (Phi) is 5.46. The van der Waals surface area contributed by atoms with Gasteiger partial charge < -0.3 is 9.47 Å². The molecule has 4 heteroatoms. The standard InChI is InChI=1S/C16H21BrO3/c1-19-15(18)10-13-4-6-14(7-5-13)20-12-16(11-17)8-2-3-9-16/h4-7H,2-3,8-12H2,1H3. The van der Waals surface area contributed by atoms with Crippen LogP contribution in [0.25, 0.3) is 0 Å². The third kappa shape index (κ3) is 3.98. The van der Waals surface area contributed by atoms with Gasteiger partial charge in [-0.15, -0.1) is 0 Å². The molecule has 3 nitrogen and oxygen atoms in total. The van der Waals surface area contributed by atoms with Crippen molar-refractivity contribution in [1.29, 1.82) is 0 Å². The number of alkyl halides is 1. The zero-order valence-corrected chi connectivity index (χ0v) is 13.4. The molecule has 0 aromatic heterocycles. The summed E-state index contributed by atoms with van der Waals surface area (Å²) in [7, 11) is 1.40. The summed E-state index contributed by atoms with van der Waals surface area (Å²) in [5.74, 6) is 0.647. The van der Waals surface area contributed by atoms with Crippen molar-refractivity contribution in [3.05, 3.63) is 29.8 Å². The zero-order valence-electron chi connectivity index (χ0n) is 11.9. The number of hydrogen-bond donors (Lipinski definition) is 0. The first kappa shape index (κ1) is 15.4. The maximum Gasteiger partial charge on any atom is 0.309 e. The fourth-order valence-electron chi connectivity index (χ4n) is 2.62. The lowest BCUT2D eigenvalue weighted by Crippen LogP contribution is -2.26. The third-order valence-corrected chi connectivity index (χ3v) is 5.18. The van der Waals surface area contributed by atoms with Gasteiger partial charge in [-0.3, -0.25) is 4.79 Å². The number of halogens is 1. The minimum atomic E-state index is -0.220. The SMILES string of the molecule is COC(=O)Cc1ccc(OCC2(CBr)CCCC2)cc1. The van der Waals surface area contributed by atoms with Gasteiger partial charge in [0.25, 0.3) is 0 Å². The van der Waals surface area contributed by atoms with Crippen LogP contribution in [-0.2, 0) is 16.0 Å². The molecule has 0 aliphatic heterocycles. The second-order valence-electron chi connectivity index (χ2n) is 5.53. The quantitative estimate of drug-likeness (QED) is 0.584.